The van der Waals surface area contributed by atoms with Crippen molar-refractivity contribution in [1.82, 2.24) is 0 Å². The lowest BCUT2D eigenvalue weighted by atomic mass is 9.95. The van der Waals surface area contributed by atoms with E-state index in [0.717, 1.165) is 0 Å². The molecule has 0 aromatic heterocycles. The van der Waals surface area contributed by atoms with Gasteiger partial charge in [-0.15, -0.1) is 0 Å². The topological polar surface area (TPSA) is 52.3 Å². The van der Waals surface area contributed by atoms with Crippen molar-refractivity contribution in [3.8, 4) is 0 Å². The van der Waals surface area contributed by atoms with E-state index in [4.69, 9.17) is 10.3 Å². The van der Waals surface area contributed by atoms with Crippen LogP contribution in [0.15, 0.2) is 0 Å². The van der Waals surface area contributed by atoms with Gasteiger partial charge in [-0.2, -0.15) is 0 Å². The maximum absolute atomic E-state index is 11.3. The molecule has 0 aromatic carbocycles. The van der Waals surface area contributed by atoms with Gasteiger partial charge in [-0.05, 0) is 26.7 Å². The summed E-state index contributed by atoms with van der Waals surface area (Å²) in [6.45, 7) is 9.65. The van der Waals surface area contributed by atoms with Crippen molar-refractivity contribution in [2.45, 2.75) is 46.0 Å². The van der Waals surface area contributed by atoms with Gasteiger partial charge in [0.1, 0.15) is 0 Å². The zero-order valence-electron chi connectivity index (χ0n) is 8.55. The first-order chi connectivity index (χ1) is 5.27. The molecule has 74 valence electrons. The Morgan fingerprint density at radius 3 is 2.00 bits per heavy atom. The molecule has 0 aliphatic carbocycles. The molecule has 3 nitrogen and oxygen atoms in total. The molecule has 0 bridgehead atoms. The monoisotopic (exact) mass is 193 g/mol. The second-order valence-electron chi connectivity index (χ2n) is 3.97. The first-order valence-corrected chi connectivity index (χ1v) is 5.65. The highest BCUT2D eigenvalue weighted by Crippen LogP contribution is 2.35. The summed E-state index contributed by atoms with van der Waals surface area (Å²) in [6, 6.07) is 0. The van der Waals surface area contributed by atoms with Crippen LogP contribution in [0.4, 0.5) is 0 Å². The number of rotatable bonds is 4. The van der Waals surface area contributed by atoms with Crippen LogP contribution < -0.4 is 5.73 Å². The van der Waals surface area contributed by atoms with Gasteiger partial charge in [0.15, 0.2) is 0 Å². The molecular weight excluding hydrogens is 173 g/mol. The highest BCUT2D eigenvalue weighted by atomic mass is 31.1. The Kier molecular flexibility index (Phi) is 4.46. The van der Waals surface area contributed by atoms with Crippen molar-refractivity contribution in [2.75, 3.05) is 0 Å². The van der Waals surface area contributed by atoms with Crippen LogP contribution in [0.25, 0.3) is 0 Å². The van der Waals surface area contributed by atoms with Gasteiger partial charge < -0.3 is 10.3 Å². The predicted molar refractivity (Wildman–Crippen MR) is 52.7 cm³/mol. The maximum Gasteiger partial charge on any atom is 0.208 e. The fraction of sp³-hybridized carbons (Fsp3) is 1.00. The van der Waals surface area contributed by atoms with Gasteiger partial charge in [0.25, 0.3) is 0 Å². The lowest BCUT2D eigenvalue weighted by Gasteiger charge is -2.29. The Labute approximate surface area is 75.5 Å². The number of hydrogen-bond donors (Lipinski definition) is 1. The standard InChI is InChI=1S/C8H20NO2P/c1-6(2)8(4,5)11-12(10)7(3)9/h6-7,12H,9H2,1-5H3. The van der Waals surface area contributed by atoms with E-state index >= 15 is 0 Å². The summed E-state index contributed by atoms with van der Waals surface area (Å²) >= 11 is 0. The Bertz CT molecular complexity index is 166. The van der Waals surface area contributed by atoms with Crippen LogP contribution in [-0.4, -0.2) is 11.4 Å². The average Bonchev–Trinajstić information content (AvgIpc) is 1.85. The molecule has 0 amide bonds. The molecule has 0 fully saturated rings. The fourth-order valence-corrected chi connectivity index (χ4v) is 1.41. The molecule has 0 saturated heterocycles. The quantitative estimate of drug-likeness (QED) is 0.696. The van der Waals surface area contributed by atoms with Crippen LogP contribution in [0, 0.1) is 5.92 Å². The molecular formula is C8H20NO2P. The second kappa shape index (κ2) is 4.40. The van der Waals surface area contributed by atoms with Crippen molar-refractivity contribution in [1.29, 1.82) is 0 Å². The van der Waals surface area contributed by atoms with Crippen molar-refractivity contribution < 1.29 is 9.09 Å². The first-order valence-electron chi connectivity index (χ1n) is 4.26. The molecule has 0 aromatic rings. The molecule has 0 heterocycles. The van der Waals surface area contributed by atoms with E-state index in [0.29, 0.717) is 5.92 Å². The molecule has 2 atom stereocenters. The van der Waals surface area contributed by atoms with E-state index in [1.807, 2.05) is 27.7 Å². The third-order valence-corrected chi connectivity index (χ3v) is 3.60. The lowest BCUT2D eigenvalue weighted by molar-refractivity contribution is 0.0682. The zero-order chi connectivity index (χ0) is 9.94. The van der Waals surface area contributed by atoms with Crippen molar-refractivity contribution in [3.05, 3.63) is 0 Å². The van der Waals surface area contributed by atoms with Gasteiger partial charge in [-0.1, -0.05) is 13.8 Å². The normalized spacial score (nSPS) is 17.9. The summed E-state index contributed by atoms with van der Waals surface area (Å²) < 4.78 is 16.7. The minimum atomic E-state index is -2.08. The van der Waals surface area contributed by atoms with Gasteiger partial charge in [0.2, 0.25) is 8.03 Å². The molecule has 0 spiro atoms. The Morgan fingerprint density at radius 1 is 1.33 bits per heavy atom. The van der Waals surface area contributed by atoms with Crippen LogP contribution in [0.3, 0.4) is 0 Å². The van der Waals surface area contributed by atoms with Crippen LogP contribution in [-0.2, 0) is 9.09 Å². The molecule has 0 aliphatic rings. The highest BCUT2D eigenvalue weighted by molar-refractivity contribution is 7.39. The third kappa shape index (κ3) is 3.70. The lowest BCUT2D eigenvalue weighted by Crippen LogP contribution is -2.30. The largest absolute Gasteiger partial charge is 0.323 e. The first kappa shape index (κ1) is 12.2. The summed E-state index contributed by atoms with van der Waals surface area (Å²) in [5, 5.41) is 0. The van der Waals surface area contributed by atoms with Gasteiger partial charge in [-0.25, -0.2) is 0 Å². The van der Waals surface area contributed by atoms with Gasteiger partial charge >= 0.3 is 0 Å². The van der Waals surface area contributed by atoms with Gasteiger partial charge in [0, 0.05) is 0 Å². The van der Waals surface area contributed by atoms with Crippen molar-refractivity contribution >= 4 is 8.03 Å². The molecule has 12 heavy (non-hydrogen) atoms. The highest BCUT2D eigenvalue weighted by Gasteiger charge is 2.26. The smallest absolute Gasteiger partial charge is 0.208 e. The van der Waals surface area contributed by atoms with Crippen LogP contribution in [0.5, 0.6) is 0 Å². The molecule has 4 heteroatoms. The zero-order valence-corrected chi connectivity index (χ0v) is 9.55. The molecule has 2 unspecified atom stereocenters. The maximum atomic E-state index is 11.3. The average molecular weight is 193 g/mol. The minimum absolute atomic E-state index is 0.338. The van der Waals surface area contributed by atoms with Crippen molar-refractivity contribution in [3.63, 3.8) is 0 Å². The summed E-state index contributed by atoms with van der Waals surface area (Å²) in [5.74, 6) is -0.0155. The van der Waals surface area contributed by atoms with E-state index in [1.54, 1.807) is 6.92 Å². The third-order valence-electron chi connectivity index (χ3n) is 2.13. The number of hydrogen-bond acceptors (Lipinski definition) is 3. The molecule has 0 rings (SSSR count). The fourth-order valence-electron chi connectivity index (χ4n) is 0.470. The molecule has 2 N–H and O–H groups in total. The number of nitrogens with two attached hydrogens (primary N) is 1. The molecule has 0 saturated carbocycles. The second-order valence-corrected chi connectivity index (χ2v) is 5.72. The summed E-state index contributed by atoms with van der Waals surface area (Å²) in [5.41, 5.74) is 5.11. The van der Waals surface area contributed by atoms with E-state index in [-0.39, 0.29) is 11.4 Å². The Morgan fingerprint density at radius 2 is 1.75 bits per heavy atom. The Hall–Kier alpha value is 0.150. The van der Waals surface area contributed by atoms with Crippen molar-refractivity contribution in [2.24, 2.45) is 11.7 Å². The van der Waals surface area contributed by atoms with E-state index in [1.165, 1.54) is 0 Å². The van der Waals surface area contributed by atoms with Crippen LogP contribution in [0.2, 0.25) is 0 Å². The SMILES string of the molecule is CC(N)[PH](=O)OC(C)(C)C(C)C. The van der Waals surface area contributed by atoms with Crippen LogP contribution in [0.1, 0.15) is 34.6 Å². The molecule has 0 radical (unpaired) electrons. The summed E-state index contributed by atoms with van der Waals surface area (Å²) in [6.07, 6.45) is 0. The van der Waals surface area contributed by atoms with Gasteiger partial charge in [-0.3, -0.25) is 4.57 Å². The molecule has 0 aliphatic heterocycles. The summed E-state index contributed by atoms with van der Waals surface area (Å²) in [7, 11) is -2.08. The summed E-state index contributed by atoms with van der Waals surface area (Å²) in [4.78, 5) is 0. The predicted octanol–water partition coefficient (Wildman–Crippen LogP) is 2.22. The Balaban J connectivity index is 4.15. The van der Waals surface area contributed by atoms with E-state index in [9.17, 15) is 4.57 Å². The minimum Gasteiger partial charge on any atom is -0.323 e. The van der Waals surface area contributed by atoms with Gasteiger partial charge in [0.05, 0.1) is 11.4 Å². The van der Waals surface area contributed by atoms with E-state index < -0.39 is 8.03 Å². The van der Waals surface area contributed by atoms with Crippen LogP contribution >= 0.6 is 8.03 Å². The van der Waals surface area contributed by atoms with E-state index in [2.05, 4.69) is 0 Å².